The fourth-order valence-corrected chi connectivity index (χ4v) is 3.84. The summed E-state index contributed by atoms with van der Waals surface area (Å²) in [4.78, 5) is 61.7. The van der Waals surface area contributed by atoms with Crippen LogP contribution in [0.1, 0.15) is 57.9 Å². The van der Waals surface area contributed by atoms with E-state index >= 15 is 0 Å². The van der Waals surface area contributed by atoms with E-state index in [0.29, 0.717) is 44.2 Å². The van der Waals surface area contributed by atoms with Crippen LogP contribution in [0.2, 0.25) is 0 Å². The van der Waals surface area contributed by atoms with Gasteiger partial charge in [-0.25, -0.2) is 0 Å². The van der Waals surface area contributed by atoms with Crippen LogP contribution < -0.4 is 16.0 Å². The van der Waals surface area contributed by atoms with Gasteiger partial charge < -0.3 is 16.0 Å². The number of hydrogen-bond donors (Lipinski definition) is 3. The lowest BCUT2D eigenvalue weighted by Crippen LogP contribution is -2.40. The summed E-state index contributed by atoms with van der Waals surface area (Å²) in [6.07, 6.45) is 3.73. The second-order valence-electron chi connectivity index (χ2n) is 8.89. The fourth-order valence-electron chi connectivity index (χ4n) is 3.84. The lowest BCUT2D eigenvalue weighted by molar-refractivity contribution is -0.140. The van der Waals surface area contributed by atoms with Gasteiger partial charge in [0.15, 0.2) is 0 Å². The van der Waals surface area contributed by atoms with Gasteiger partial charge in [-0.15, -0.1) is 0 Å². The highest BCUT2D eigenvalue weighted by atomic mass is 16.2. The summed E-state index contributed by atoms with van der Waals surface area (Å²) >= 11 is 0. The molecule has 188 valence electrons. The van der Waals surface area contributed by atoms with Crippen LogP contribution in [0.3, 0.4) is 0 Å². The number of carbonyl (C=O) groups excluding carboxylic acids is 5. The topological polar surface area (TPSA) is 125 Å². The molecule has 1 saturated heterocycles. The molecule has 1 aromatic rings. The minimum absolute atomic E-state index is 0.0775. The van der Waals surface area contributed by atoms with Crippen LogP contribution in [0.5, 0.6) is 0 Å². The van der Waals surface area contributed by atoms with Gasteiger partial charge in [-0.3, -0.25) is 28.9 Å². The standard InChI is InChI=1S/C25H35BN4O5/c1-3-17(2)20-13-24(34)30(25(20)35)12-6-4-5-7-21(31)27-15-22(32)28-16-23(33)29-19-10-8-18(14-26)9-11-19/h8-11,17,20H,3-7,12-16H2,1-2H3,(H,27,31)(H,28,32)(H,29,33). The SMILES string of the molecule is [B]Cc1ccc(NC(=O)CNC(=O)CNC(=O)CCCCCN2C(=O)CC(C(C)CC)C2=O)cc1. The van der Waals surface area contributed by atoms with Gasteiger partial charge in [0.25, 0.3) is 0 Å². The average Bonchev–Trinajstić information content (AvgIpc) is 3.14. The number of imide groups is 1. The molecule has 1 heterocycles. The molecule has 0 saturated carbocycles. The molecular formula is C25H35BN4O5. The molecule has 2 radical (unpaired) electrons. The highest BCUT2D eigenvalue weighted by molar-refractivity contribution is 6.08. The molecule has 0 spiro atoms. The van der Waals surface area contributed by atoms with Crippen LogP contribution in [0.25, 0.3) is 0 Å². The Hall–Kier alpha value is -3.17. The van der Waals surface area contributed by atoms with E-state index in [1.165, 1.54) is 4.90 Å². The van der Waals surface area contributed by atoms with Crippen LogP contribution in [0.4, 0.5) is 5.69 Å². The highest BCUT2D eigenvalue weighted by Gasteiger charge is 2.40. The molecule has 9 nitrogen and oxygen atoms in total. The third kappa shape index (κ3) is 9.18. The predicted octanol–water partition coefficient (Wildman–Crippen LogP) is 1.51. The zero-order chi connectivity index (χ0) is 25.8. The van der Waals surface area contributed by atoms with Crippen molar-refractivity contribution in [1.29, 1.82) is 0 Å². The Morgan fingerprint density at radius 2 is 1.66 bits per heavy atom. The molecule has 1 aliphatic heterocycles. The highest BCUT2D eigenvalue weighted by Crippen LogP contribution is 2.28. The van der Waals surface area contributed by atoms with Crippen molar-refractivity contribution in [2.45, 2.75) is 58.7 Å². The van der Waals surface area contributed by atoms with E-state index in [1.54, 1.807) is 24.3 Å². The maximum Gasteiger partial charge on any atom is 0.243 e. The fraction of sp³-hybridized carbons (Fsp3) is 0.560. The first kappa shape index (κ1) is 28.1. The lowest BCUT2D eigenvalue weighted by Gasteiger charge is -2.17. The van der Waals surface area contributed by atoms with Gasteiger partial charge in [-0.2, -0.15) is 0 Å². The Kier molecular flexibility index (Phi) is 11.5. The number of nitrogens with one attached hydrogen (secondary N) is 3. The second-order valence-corrected chi connectivity index (χ2v) is 8.89. The Labute approximate surface area is 208 Å². The minimum atomic E-state index is -0.464. The van der Waals surface area contributed by atoms with Gasteiger partial charge in [-0.05, 0) is 30.9 Å². The Balaban J connectivity index is 1.55. The Bertz CT molecular complexity index is 906. The largest absolute Gasteiger partial charge is 0.347 e. The molecule has 10 heteroatoms. The maximum atomic E-state index is 12.4. The third-order valence-corrected chi connectivity index (χ3v) is 6.26. The quantitative estimate of drug-likeness (QED) is 0.211. The van der Waals surface area contributed by atoms with Gasteiger partial charge in [0.2, 0.25) is 29.5 Å². The monoisotopic (exact) mass is 482 g/mol. The van der Waals surface area contributed by atoms with Crippen LogP contribution in [-0.2, 0) is 30.3 Å². The number of anilines is 1. The minimum Gasteiger partial charge on any atom is -0.347 e. The number of likely N-dealkylation sites (tertiary alicyclic amines) is 1. The smallest absolute Gasteiger partial charge is 0.243 e. The van der Waals surface area contributed by atoms with Gasteiger partial charge in [-0.1, -0.05) is 50.7 Å². The van der Waals surface area contributed by atoms with E-state index in [1.807, 2.05) is 13.8 Å². The van der Waals surface area contributed by atoms with E-state index in [4.69, 9.17) is 7.85 Å². The zero-order valence-corrected chi connectivity index (χ0v) is 20.6. The molecule has 3 N–H and O–H groups in total. The van der Waals surface area contributed by atoms with E-state index in [-0.39, 0.29) is 55.0 Å². The summed E-state index contributed by atoms with van der Waals surface area (Å²) in [5.74, 6) is -1.31. The maximum absolute atomic E-state index is 12.4. The van der Waals surface area contributed by atoms with Crippen molar-refractivity contribution in [1.82, 2.24) is 15.5 Å². The van der Waals surface area contributed by atoms with E-state index in [0.717, 1.165) is 12.0 Å². The summed E-state index contributed by atoms with van der Waals surface area (Å²) < 4.78 is 0. The van der Waals surface area contributed by atoms with Crippen LogP contribution in [-0.4, -0.2) is 61.9 Å². The van der Waals surface area contributed by atoms with Crippen molar-refractivity contribution in [3.05, 3.63) is 29.8 Å². The first-order chi connectivity index (χ1) is 16.7. The van der Waals surface area contributed by atoms with Crippen molar-refractivity contribution in [3.63, 3.8) is 0 Å². The summed E-state index contributed by atoms with van der Waals surface area (Å²) in [6.45, 7) is 3.97. The van der Waals surface area contributed by atoms with Gasteiger partial charge >= 0.3 is 0 Å². The normalized spacial score (nSPS) is 16.2. The predicted molar refractivity (Wildman–Crippen MR) is 133 cm³/mol. The Morgan fingerprint density at radius 3 is 2.31 bits per heavy atom. The summed E-state index contributed by atoms with van der Waals surface area (Å²) in [5, 5.41) is 7.65. The third-order valence-electron chi connectivity index (χ3n) is 6.26. The lowest BCUT2D eigenvalue weighted by atomic mass is 9.90. The number of unbranched alkanes of at least 4 members (excludes halogenated alkanes) is 2. The van der Waals surface area contributed by atoms with E-state index in [9.17, 15) is 24.0 Å². The van der Waals surface area contributed by atoms with E-state index in [2.05, 4.69) is 16.0 Å². The van der Waals surface area contributed by atoms with Crippen molar-refractivity contribution in [2.75, 3.05) is 25.0 Å². The summed E-state index contributed by atoms with van der Waals surface area (Å²) in [7, 11) is 5.53. The molecule has 35 heavy (non-hydrogen) atoms. The number of hydrogen-bond acceptors (Lipinski definition) is 5. The molecule has 1 aliphatic rings. The van der Waals surface area contributed by atoms with Crippen molar-refractivity contribution >= 4 is 43.1 Å². The molecule has 2 unspecified atom stereocenters. The molecule has 5 amide bonds. The van der Waals surface area contributed by atoms with Crippen LogP contribution >= 0.6 is 0 Å². The molecule has 0 bridgehead atoms. The molecule has 1 fully saturated rings. The van der Waals surface area contributed by atoms with Crippen molar-refractivity contribution in [3.8, 4) is 0 Å². The number of benzene rings is 1. The second kappa shape index (κ2) is 14.3. The number of nitrogens with zero attached hydrogens (tertiary/aromatic N) is 1. The molecule has 1 aromatic carbocycles. The average molecular weight is 482 g/mol. The van der Waals surface area contributed by atoms with E-state index < -0.39 is 5.91 Å². The summed E-state index contributed by atoms with van der Waals surface area (Å²) in [5.41, 5.74) is 1.54. The van der Waals surface area contributed by atoms with Gasteiger partial charge in [0, 0.05) is 31.0 Å². The summed E-state index contributed by atoms with van der Waals surface area (Å²) in [6, 6.07) is 7.07. The zero-order valence-electron chi connectivity index (χ0n) is 20.6. The molecular weight excluding hydrogens is 447 g/mol. The van der Waals surface area contributed by atoms with Gasteiger partial charge in [0.1, 0.15) is 0 Å². The van der Waals surface area contributed by atoms with Crippen molar-refractivity contribution in [2.24, 2.45) is 11.8 Å². The molecule has 2 rings (SSSR count). The first-order valence-corrected chi connectivity index (χ1v) is 12.2. The number of carbonyl (C=O) groups is 5. The van der Waals surface area contributed by atoms with Gasteiger partial charge in [0.05, 0.1) is 20.9 Å². The molecule has 2 atom stereocenters. The number of rotatable bonds is 14. The first-order valence-electron chi connectivity index (χ1n) is 12.2. The van der Waals surface area contributed by atoms with Crippen molar-refractivity contribution < 1.29 is 24.0 Å². The van der Waals surface area contributed by atoms with Crippen LogP contribution in [0, 0.1) is 11.8 Å². The number of amides is 5. The van der Waals surface area contributed by atoms with Crippen LogP contribution in [0.15, 0.2) is 24.3 Å². The molecule has 0 aromatic heterocycles. The Morgan fingerprint density at radius 1 is 1.00 bits per heavy atom. The molecule has 0 aliphatic carbocycles.